The molecule has 0 radical (unpaired) electrons. The summed E-state index contributed by atoms with van der Waals surface area (Å²) < 4.78 is 48.6. The summed E-state index contributed by atoms with van der Waals surface area (Å²) in [4.78, 5) is 11.5. The highest BCUT2D eigenvalue weighted by atomic mass is 32.2. The Morgan fingerprint density at radius 1 is 0.941 bits per heavy atom. The summed E-state index contributed by atoms with van der Waals surface area (Å²) in [7, 11) is 0. The van der Waals surface area contributed by atoms with Crippen LogP contribution in [0.1, 0.15) is 18.3 Å². The Morgan fingerprint density at radius 2 is 1.62 bits per heavy atom. The van der Waals surface area contributed by atoms with Crippen LogP contribution < -0.4 is 4.74 Å². The lowest BCUT2D eigenvalue weighted by Gasteiger charge is -2.17. The number of thioether (sulfide) groups is 1. The molecular weight excluding hydrogens is 463 g/mol. The zero-order valence-corrected chi connectivity index (χ0v) is 18.9. The van der Waals surface area contributed by atoms with Crippen molar-refractivity contribution < 1.29 is 22.7 Å². The zero-order chi connectivity index (χ0) is 24.1. The predicted octanol–water partition coefficient (Wildman–Crippen LogP) is 6.21. The minimum atomic E-state index is -4.58. The van der Waals surface area contributed by atoms with Gasteiger partial charge in [-0.05, 0) is 30.7 Å². The molecule has 0 spiro atoms. The van der Waals surface area contributed by atoms with E-state index in [1.54, 1.807) is 6.07 Å². The molecule has 0 bridgehead atoms. The molecule has 4 aromatic rings. The van der Waals surface area contributed by atoms with Gasteiger partial charge in [-0.3, -0.25) is 9.36 Å². The van der Waals surface area contributed by atoms with Crippen LogP contribution in [0.5, 0.6) is 5.75 Å². The van der Waals surface area contributed by atoms with Crippen LogP contribution in [0.25, 0.3) is 16.8 Å². The minimum Gasteiger partial charge on any atom is -0.485 e. The number of hydrogen-bond donors (Lipinski definition) is 0. The normalized spacial score (nSPS) is 11.4. The second kappa shape index (κ2) is 10.1. The highest BCUT2D eigenvalue weighted by Crippen LogP contribution is 2.36. The first-order chi connectivity index (χ1) is 16.3. The standard InChI is InChI=1S/C25H20F3N3O2S/c1-17(32)16-34-24-30-29-23(31(24)21-13-7-6-12-20(21)25(26,27)28)15-33-22-14-8-5-11-19(22)18-9-3-2-4-10-18/h2-14H,15-16H2,1H3. The van der Waals surface area contributed by atoms with Gasteiger partial charge in [0.1, 0.15) is 18.1 Å². The quantitative estimate of drug-likeness (QED) is 0.279. The fourth-order valence-electron chi connectivity index (χ4n) is 3.39. The van der Waals surface area contributed by atoms with E-state index in [4.69, 9.17) is 4.74 Å². The summed E-state index contributed by atoms with van der Waals surface area (Å²) >= 11 is 1.03. The van der Waals surface area contributed by atoms with E-state index in [9.17, 15) is 18.0 Å². The van der Waals surface area contributed by atoms with Gasteiger partial charge in [0.2, 0.25) is 0 Å². The van der Waals surface area contributed by atoms with E-state index in [2.05, 4.69) is 10.2 Å². The Labute approximate surface area is 198 Å². The largest absolute Gasteiger partial charge is 0.485 e. The molecule has 0 aliphatic rings. The van der Waals surface area contributed by atoms with Crippen molar-refractivity contribution in [2.45, 2.75) is 24.9 Å². The van der Waals surface area contributed by atoms with Crippen LogP contribution in [-0.4, -0.2) is 26.3 Å². The van der Waals surface area contributed by atoms with Crippen LogP contribution in [0.2, 0.25) is 0 Å². The number of nitrogens with zero attached hydrogens (tertiary/aromatic N) is 3. The van der Waals surface area contributed by atoms with Crippen LogP contribution in [-0.2, 0) is 17.6 Å². The molecule has 4 rings (SSSR count). The maximum Gasteiger partial charge on any atom is 0.418 e. The smallest absolute Gasteiger partial charge is 0.418 e. The van der Waals surface area contributed by atoms with Crippen LogP contribution in [0.3, 0.4) is 0 Å². The van der Waals surface area contributed by atoms with Crippen molar-refractivity contribution in [1.29, 1.82) is 0 Å². The fraction of sp³-hybridized carbons (Fsp3) is 0.160. The van der Waals surface area contributed by atoms with Gasteiger partial charge < -0.3 is 4.74 Å². The summed E-state index contributed by atoms with van der Waals surface area (Å²) in [5.74, 6) is 0.679. The Balaban J connectivity index is 1.72. The van der Waals surface area contributed by atoms with E-state index in [1.165, 1.54) is 29.7 Å². The first-order valence-corrected chi connectivity index (χ1v) is 11.3. The van der Waals surface area contributed by atoms with E-state index in [1.807, 2.05) is 48.5 Å². The summed E-state index contributed by atoms with van der Waals surface area (Å²) in [6, 6.07) is 22.2. The highest BCUT2D eigenvalue weighted by Gasteiger charge is 2.35. The molecule has 5 nitrogen and oxygen atoms in total. The van der Waals surface area contributed by atoms with E-state index in [-0.39, 0.29) is 34.8 Å². The van der Waals surface area contributed by atoms with Gasteiger partial charge in [-0.1, -0.05) is 72.4 Å². The molecule has 0 amide bonds. The van der Waals surface area contributed by atoms with Crippen molar-refractivity contribution in [3.05, 3.63) is 90.3 Å². The van der Waals surface area contributed by atoms with Crippen molar-refractivity contribution >= 4 is 17.5 Å². The number of carbonyl (C=O) groups is 1. The third-order valence-corrected chi connectivity index (χ3v) is 5.96. The van der Waals surface area contributed by atoms with Gasteiger partial charge in [0.15, 0.2) is 11.0 Å². The van der Waals surface area contributed by atoms with Crippen LogP contribution >= 0.6 is 11.8 Å². The molecule has 0 fully saturated rings. The summed E-state index contributed by atoms with van der Waals surface area (Å²) in [6.45, 7) is 1.28. The third-order valence-electron chi connectivity index (χ3n) is 4.88. The highest BCUT2D eigenvalue weighted by molar-refractivity contribution is 7.99. The Kier molecular flexibility index (Phi) is 7.02. The van der Waals surface area contributed by atoms with Crippen LogP contribution in [0.4, 0.5) is 13.2 Å². The SMILES string of the molecule is CC(=O)CSc1nnc(COc2ccccc2-c2ccccc2)n1-c1ccccc1C(F)(F)F. The monoisotopic (exact) mass is 483 g/mol. The molecule has 174 valence electrons. The average molecular weight is 484 g/mol. The summed E-state index contributed by atoms with van der Waals surface area (Å²) in [6.07, 6.45) is -4.58. The third kappa shape index (κ3) is 5.31. The average Bonchev–Trinajstić information content (AvgIpc) is 3.24. The van der Waals surface area contributed by atoms with Crippen molar-refractivity contribution in [1.82, 2.24) is 14.8 Å². The number of para-hydroxylation sites is 2. The molecule has 0 saturated carbocycles. The molecule has 0 aliphatic carbocycles. The Morgan fingerprint density at radius 3 is 2.35 bits per heavy atom. The molecule has 9 heteroatoms. The van der Waals surface area contributed by atoms with E-state index in [0.717, 1.165) is 29.0 Å². The van der Waals surface area contributed by atoms with Gasteiger partial charge in [0.25, 0.3) is 0 Å². The second-order valence-electron chi connectivity index (χ2n) is 7.39. The second-order valence-corrected chi connectivity index (χ2v) is 8.33. The van der Waals surface area contributed by atoms with Gasteiger partial charge in [0.05, 0.1) is 17.0 Å². The molecule has 1 heterocycles. The molecular formula is C25H20F3N3O2S. The fourth-order valence-corrected chi connectivity index (χ4v) is 4.16. The Hall–Kier alpha value is -3.59. The lowest BCUT2D eigenvalue weighted by atomic mass is 10.1. The number of benzene rings is 3. The molecule has 3 aromatic carbocycles. The number of alkyl halides is 3. The summed E-state index contributed by atoms with van der Waals surface area (Å²) in [5, 5.41) is 8.34. The predicted molar refractivity (Wildman–Crippen MR) is 124 cm³/mol. The van der Waals surface area contributed by atoms with Crippen LogP contribution in [0.15, 0.2) is 84.0 Å². The van der Waals surface area contributed by atoms with Gasteiger partial charge in [-0.2, -0.15) is 13.2 Å². The van der Waals surface area contributed by atoms with Gasteiger partial charge in [-0.25, -0.2) is 0 Å². The van der Waals surface area contributed by atoms with Crippen molar-refractivity contribution in [2.24, 2.45) is 0 Å². The number of Topliss-reactive ketones (excluding diaryl/α,β-unsaturated/α-hetero) is 1. The maximum atomic E-state index is 13.8. The number of aromatic nitrogens is 3. The van der Waals surface area contributed by atoms with Crippen molar-refractivity contribution in [2.75, 3.05) is 5.75 Å². The number of hydrogen-bond acceptors (Lipinski definition) is 5. The number of rotatable bonds is 8. The molecule has 0 unspecified atom stereocenters. The van der Waals surface area contributed by atoms with E-state index >= 15 is 0 Å². The summed E-state index contributed by atoms with van der Waals surface area (Å²) in [5.41, 5.74) is 0.835. The van der Waals surface area contributed by atoms with E-state index < -0.39 is 11.7 Å². The minimum absolute atomic E-state index is 0.0595. The van der Waals surface area contributed by atoms with Crippen molar-refractivity contribution in [3.8, 4) is 22.6 Å². The van der Waals surface area contributed by atoms with Crippen LogP contribution in [0, 0.1) is 0 Å². The topological polar surface area (TPSA) is 57.0 Å². The molecule has 34 heavy (non-hydrogen) atoms. The van der Waals surface area contributed by atoms with E-state index in [0.29, 0.717) is 5.75 Å². The number of carbonyl (C=O) groups excluding carboxylic acids is 1. The number of halogens is 3. The first kappa shape index (κ1) is 23.6. The van der Waals surface area contributed by atoms with Gasteiger partial charge in [-0.15, -0.1) is 10.2 Å². The molecule has 0 N–H and O–H groups in total. The molecule has 0 atom stereocenters. The molecule has 0 aliphatic heterocycles. The van der Waals surface area contributed by atoms with Gasteiger partial charge >= 0.3 is 6.18 Å². The zero-order valence-electron chi connectivity index (χ0n) is 18.1. The molecule has 1 aromatic heterocycles. The van der Waals surface area contributed by atoms with Gasteiger partial charge in [0, 0.05) is 5.56 Å². The number of ether oxygens (including phenoxy) is 1. The number of ketones is 1. The molecule has 0 saturated heterocycles. The lowest BCUT2D eigenvalue weighted by Crippen LogP contribution is -2.14. The Bertz CT molecular complexity index is 1290. The van der Waals surface area contributed by atoms with Crippen molar-refractivity contribution in [3.63, 3.8) is 0 Å². The lowest BCUT2D eigenvalue weighted by molar-refractivity contribution is -0.137. The first-order valence-electron chi connectivity index (χ1n) is 10.3. The maximum absolute atomic E-state index is 13.8.